The molecule has 0 aliphatic carbocycles. The molecule has 1 aliphatic heterocycles. The van der Waals surface area contributed by atoms with Crippen LogP contribution >= 0.6 is 15.9 Å². The van der Waals surface area contributed by atoms with Crippen molar-refractivity contribution >= 4 is 15.9 Å². The van der Waals surface area contributed by atoms with Crippen LogP contribution in [0.25, 0.3) is 0 Å². The molecule has 1 aliphatic rings. The van der Waals surface area contributed by atoms with E-state index < -0.39 is 0 Å². The highest BCUT2D eigenvalue weighted by Crippen LogP contribution is 2.32. The molecule has 100 valence electrons. The summed E-state index contributed by atoms with van der Waals surface area (Å²) in [6, 6.07) is 4.30. The van der Waals surface area contributed by atoms with E-state index in [0.29, 0.717) is 0 Å². The molecular weight excluding hydrogens is 294 g/mol. The Morgan fingerprint density at radius 2 is 2.28 bits per heavy atom. The Bertz CT molecular complexity index is 396. The molecular formula is C14H20BrNO2. The normalized spacial score (nSPS) is 13.4. The SMILES string of the molecule is COCCCCNCc1cc(Br)cc2c1OCC2. The summed E-state index contributed by atoms with van der Waals surface area (Å²) in [7, 11) is 1.75. The zero-order chi connectivity index (χ0) is 12.8. The summed E-state index contributed by atoms with van der Waals surface area (Å²) in [4.78, 5) is 0. The number of fused-ring (bicyclic) bond motifs is 1. The van der Waals surface area contributed by atoms with Crippen molar-refractivity contribution < 1.29 is 9.47 Å². The fourth-order valence-corrected chi connectivity index (χ4v) is 2.75. The Labute approximate surface area is 117 Å². The number of rotatable bonds is 7. The highest BCUT2D eigenvalue weighted by molar-refractivity contribution is 9.10. The van der Waals surface area contributed by atoms with Crippen molar-refractivity contribution in [1.29, 1.82) is 0 Å². The number of hydrogen-bond donors (Lipinski definition) is 1. The number of benzene rings is 1. The molecule has 0 saturated heterocycles. The molecule has 1 N–H and O–H groups in total. The summed E-state index contributed by atoms with van der Waals surface area (Å²) in [6.45, 7) is 3.54. The summed E-state index contributed by atoms with van der Waals surface area (Å²) in [5, 5.41) is 3.46. The van der Waals surface area contributed by atoms with Crippen LogP contribution in [0.5, 0.6) is 5.75 Å². The minimum Gasteiger partial charge on any atom is -0.493 e. The summed E-state index contributed by atoms with van der Waals surface area (Å²) in [6.07, 6.45) is 3.27. The highest BCUT2D eigenvalue weighted by atomic mass is 79.9. The Kier molecular flexibility index (Phi) is 5.47. The van der Waals surface area contributed by atoms with Crippen molar-refractivity contribution in [3.05, 3.63) is 27.7 Å². The maximum Gasteiger partial charge on any atom is 0.127 e. The molecule has 1 aromatic carbocycles. The molecule has 0 amide bonds. The topological polar surface area (TPSA) is 30.5 Å². The van der Waals surface area contributed by atoms with Crippen LogP contribution in [-0.2, 0) is 17.7 Å². The van der Waals surface area contributed by atoms with Gasteiger partial charge in [0.1, 0.15) is 5.75 Å². The van der Waals surface area contributed by atoms with Crippen LogP contribution in [0.3, 0.4) is 0 Å². The number of ether oxygens (including phenoxy) is 2. The summed E-state index contributed by atoms with van der Waals surface area (Å²) in [5.41, 5.74) is 2.57. The van der Waals surface area contributed by atoms with Gasteiger partial charge in [0.25, 0.3) is 0 Å². The van der Waals surface area contributed by atoms with Gasteiger partial charge in [-0.1, -0.05) is 15.9 Å². The van der Waals surface area contributed by atoms with Gasteiger partial charge in [0.2, 0.25) is 0 Å². The molecule has 0 fully saturated rings. The van der Waals surface area contributed by atoms with Gasteiger partial charge >= 0.3 is 0 Å². The molecule has 0 saturated carbocycles. The van der Waals surface area contributed by atoms with Crippen molar-refractivity contribution in [3.63, 3.8) is 0 Å². The first-order valence-electron chi connectivity index (χ1n) is 6.45. The predicted octanol–water partition coefficient (Wildman–Crippen LogP) is 2.90. The molecule has 0 spiro atoms. The molecule has 4 heteroatoms. The second-order valence-corrected chi connectivity index (χ2v) is 5.44. The van der Waals surface area contributed by atoms with Crippen LogP contribution < -0.4 is 10.1 Å². The van der Waals surface area contributed by atoms with E-state index in [1.807, 2.05) is 0 Å². The van der Waals surface area contributed by atoms with Gasteiger partial charge in [-0.2, -0.15) is 0 Å². The fourth-order valence-electron chi connectivity index (χ4n) is 2.20. The first kappa shape index (κ1) is 13.8. The van der Waals surface area contributed by atoms with Crippen LogP contribution in [0.4, 0.5) is 0 Å². The van der Waals surface area contributed by atoms with E-state index in [1.165, 1.54) is 11.1 Å². The van der Waals surface area contributed by atoms with Crippen LogP contribution in [0, 0.1) is 0 Å². The second-order valence-electron chi connectivity index (χ2n) is 4.53. The lowest BCUT2D eigenvalue weighted by atomic mass is 10.1. The minimum atomic E-state index is 0.812. The number of nitrogens with one attached hydrogen (secondary N) is 1. The van der Waals surface area contributed by atoms with Gasteiger partial charge in [-0.15, -0.1) is 0 Å². The molecule has 1 aromatic rings. The van der Waals surface area contributed by atoms with Crippen molar-refractivity contribution in [2.45, 2.75) is 25.8 Å². The predicted molar refractivity (Wildman–Crippen MR) is 76.2 cm³/mol. The maximum absolute atomic E-state index is 5.70. The van der Waals surface area contributed by atoms with Gasteiger partial charge < -0.3 is 14.8 Å². The van der Waals surface area contributed by atoms with Gasteiger partial charge in [0, 0.05) is 36.7 Å². The lowest BCUT2D eigenvalue weighted by molar-refractivity contribution is 0.192. The van der Waals surface area contributed by atoms with Crippen LogP contribution in [0.15, 0.2) is 16.6 Å². The monoisotopic (exact) mass is 313 g/mol. The first-order chi connectivity index (χ1) is 8.81. The smallest absolute Gasteiger partial charge is 0.127 e. The average Bonchev–Trinajstić information content (AvgIpc) is 2.81. The Balaban J connectivity index is 1.82. The summed E-state index contributed by atoms with van der Waals surface area (Å²) in [5.74, 6) is 1.09. The van der Waals surface area contributed by atoms with Crippen LogP contribution in [0.1, 0.15) is 24.0 Å². The Morgan fingerprint density at radius 1 is 1.39 bits per heavy atom. The standard InChI is InChI=1S/C14H20BrNO2/c1-17-6-3-2-5-16-10-12-9-13(15)8-11-4-7-18-14(11)12/h8-9,16H,2-7,10H2,1H3. The number of methoxy groups -OCH3 is 1. The molecule has 0 bridgehead atoms. The second kappa shape index (κ2) is 7.12. The van der Waals surface area contributed by atoms with E-state index in [2.05, 4.69) is 33.4 Å². The van der Waals surface area contributed by atoms with Crippen molar-refractivity contribution in [3.8, 4) is 5.75 Å². The van der Waals surface area contributed by atoms with Crippen molar-refractivity contribution in [2.24, 2.45) is 0 Å². The van der Waals surface area contributed by atoms with Crippen molar-refractivity contribution in [2.75, 3.05) is 26.9 Å². The summed E-state index contributed by atoms with van der Waals surface area (Å²) >= 11 is 3.56. The molecule has 0 unspecified atom stereocenters. The number of hydrogen-bond acceptors (Lipinski definition) is 3. The van der Waals surface area contributed by atoms with E-state index in [4.69, 9.17) is 9.47 Å². The van der Waals surface area contributed by atoms with E-state index in [-0.39, 0.29) is 0 Å². The third-order valence-electron chi connectivity index (χ3n) is 3.09. The third-order valence-corrected chi connectivity index (χ3v) is 3.55. The van der Waals surface area contributed by atoms with Gasteiger partial charge in [-0.05, 0) is 37.1 Å². The van der Waals surface area contributed by atoms with E-state index in [9.17, 15) is 0 Å². The number of halogens is 1. The van der Waals surface area contributed by atoms with Gasteiger partial charge in [-0.3, -0.25) is 0 Å². The van der Waals surface area contributed by atoms with Gasteiger partial charge in [-0.25, -0.2) is 0 Å². The lowest BCUT2D eigenvalue weighted by Crippen LogP contribution is -2.15. The zero-order valence-corrected chi connectivity index (χ0v) is 12.4. The van der Waals surface area contributed by atoms with E-state index >= 15 is 0 Å². The largest absolute Gasteiger partial charge is 0.493 e. The van der Waals surface area contributed by atoms with Crippen LogP contribution in [-0.4, -0.2) is 26.9 Å². The lowest BCUT2D eigenvalue weighted by Gasteiger charge is -2.10. The molecule has 0 aromatic heterocycles. The Morgan fingerprint density at radius 3 is 3.11 bits per heavy atom. The minimum absolute atomic E-state index is 0.812. The van der Waals surface area contributed by atoms with Gasteiger partial charge in [0.15, 0.2) is 0 Å². The van der Waals surface area contributed by atoms with Gasteiger partial charge in [0.05, 0.1) is 6.61 Å². The average molecular weight is 314 g/mol. The molecule has 0 radical (unpaired) electrons. The maximum atomic E-state index is 5.70. The molecule has 0 atom stereocenters. The van der Waals surface area contributed by atoms with E-state index in [0.717, 1.165) is 55.8 Å². The molecule has 1 heterocycles. The molecule has 18 heavy (non-hydrogen) atoms. The Hall–Kier alpha value is -0.580. The van der Waals surface area contributed by atoms with Crippen LogP contribution in [0.2, 0.25) is 0 Å². The zero-order valence-electron chi connectivity index (χ0n) is 10.8. The molecule has 3 nitrogen and oxygen atoms in total. The number of unbranched alkanes of at least 4 members (excludes halogenated alkanes) is 1. The summed E-state index contributed by atoms with van der Waals surface area (Å²) < 4.78 is 11.9. The third kappa shape index (κ3) is 3.70. The first-order valence-corrected chi connectivity index (χ1v) is 7.24. The fraction of sp³-hybridized carbons (Fsp3) is 0.571. The quantitative estimate of drug-likeness (QED) is 0.785. The van der Waals surface area contributed by atoms with E-state index in [1.54, 1.807) is 7.11 Å². The van der Waals surface area contributed by atoms with Crippen molar-refractivity contribution in [1.82, 2.24) is 5.32 Å². The highest BCUT2D eigenvalue weighted by Gasteiger charge is 2.16. The molecule has 2 rings (SSSR count).